The van der Waals surface area contributed by atoms with Crippen LogP contribution in [0.5, 0.6) is 0 Å². The van der Waals surface area contributed by atoms with Crippen molar-refractivity contribution in [2.24, 2.45) is 0 Å². The van der Waals surface area contributed by atoms with Gasteiger partial charge in [0.2, 0.25) is 5.91 Å². The molecular formula is C23H22F3N7O3S. The Hall–Kier alpha value is -3.91. The molecule has 14 heteroatoms. The maximum absolute atomic E-state index is 13.2. The molecule has 37 heavy (non-hydrogen) atoms. The topological polar surface area (TPSA) is 129 Å². The van der Waals surface area contributed by atoms with E-state index in [2.05, 4.69) is 30.9 Å². The minimum atomic E-state index is -4.54. The predicted molar refractivity (Wildman–Crippen MR) is 129 cm³/mol. The molecule has 0 fully saturated rings. The van der Waals surface area contributed by atoms with Crippen LogP contribution in [-0.2, 0) is 17.5 Å². The van der Waals surface area contributed by atoms with Crippen LogP contribution < -0.4 is 16.0 Å². The third kappa shape index (κ3) is 5.91. The van der Waals surface area contributed by atoms with Gasteiger partial charge in [-0.1, -0.05) is 6.07 Å². The number of amides is 3. The van der Waals surface area contributed by atoms with Crippen molar-refractivity contribution in [2.75, 3.05) is 24.2 Å². The summed E-state index contributed by atoms with van der Waals surface area (Å²) in [6, 6.07) is 2.94. The maximum Gasteiger partial charge on any atom is 0.416 e. The first-order valence-corrected chi connectivity index (χ1v) is 11.8. The molecule has 1 aliphatic rings. The number of anilines is 2. The van der Waals surface area contributed by atoms with Crippen LogP contribution in [0.2, 0.25) is 0 Å². The van der Waals surface area contributed by atoms with Gasteiger partial charge in [-0.05, 0) is 38.6 Å². The fourth-order valence-electron chi connectivity index (χ4n) is 3.73. The molecule has 0 radical (unpaired) electrons. The van der Waals surface area contributed by atoms with Crippen LogP contribution >= 0.6 is 11.3 Å². The van der Waals surface area contributed by atoms with Gasteiger partial charge in [-0.2, -0.15) is 13.2 Å². The number of nitrogens with zero attached hydrogens (tertiary/aromatic N) is 4. The Balaban J connectivity index is 1.46. The van der Waals surface area contributed by atoms with Crippen LogP contribution in [0.15, 0.2) is 30.7 Å². The van der Waals surface area contributed by atoms with E-state index in [1.165, 1.54) is 31.6 Å². The molecule has 0 aliphatic carbocycles. The molecule has 1 unspecified atom stereocenters. The molecule has 1 atom stereocenters. The number of alkyl halides is 3. The SMILES string of the molecule is Cc1ccc(NC(=O)c2cnc(C(C)NC(=O)c3ncnc4c3CN(C)CC(=O)N4)s2)cc1C(F)(F)F. The minimum absolute atomic E-state index is 0.000684. The van der Waals surface area contributed by atoms with E-state index in [9.17, 15) is 27.6 Å². The van der Waals surface area contributed by atoms with Gasteiger partial charge in [0.1, 0.15) is 27.7 Å². The van der Waals surface area contributed by atoms with Crippen molar-refractivity contribution >= 4 is 40.6 Å². The standard InChI is InChI=1S/C23H22F3N7O3S/c1-11-4-5-13(6-15(11)23(24,25)26)31-20(35)16-7-27-22(37-16)12(2)30-21(36)18-14-8-33(3)9-17(34)32-19(14)29-10-28-18/h4-7,10,12H,8-9H2,1-3H3,(H,30,36)(H,31,35)(H,28,29,32,34). The Morgan fingerprint density at radius 2 is 1.92 bits per heavy atom. The number of benzene rings is 1. The van der Waals surface area contributed by atoms with Crippen molar-refractivity contribution < 1.29 is 27.6 Å². The lowest BCUT2D eigenvalue weighted by Gasteiger charge is -2.16. The second-order valence-corrected chi connectivity index (χ2v) is 9.57. The van der Waals surface area contributed by atoms with Gasteiger partial charge in [0.25, 0.3) is 11.8 Å². The number of aromatic nitrogens is 3. The molecule has 4 rings (SSSR count). The van der Waals surface area contributed by atoms with E-state index in [1.54, 1.807) is 18.9 Å². The summed E-state index contributed by atoms with van der Waals surface area (Å²) in [6.45, 7) is 3.43. The van der Waals surface area contributed by atoms with Gasteiger partial charge in [-0.25, -0.2) is 15.0 Å². The number of carbonyl (C=O) groups is 3. The monoisotopic (exact) mass is 533 g/mol. The highest BCUT2D eigenvalue weighted by molar-refractivity contribution is 7.13. The Morgan fingerprint density at radius 1 is 1.16 bits per heavy atom. The average molecular weight is 534 g/mol. The Morgan fingerprint density at radius 3 is 2.65 bits per heavy atom. The minimum Gasteiger partial charge on any atom is -0.342 e. The van der Waals surface area contributed by atoms with Crippen LogP contribution in [0, 0.1) is 6.92 Å². The van der Waals surface area contributed by atoms with E-state index in [0.717, 1.165) is 17.4 Å². The molecule has 3 amide bonds. The highest BCUT2D eigenvalue weighted by atomic mass is 32.1. The number of rotatable bonds is 5. The number of thiazole rings is 1. The van der Waals surface area contributed by atoms with E-state index >= 15 is 0 Å². The molecule has 1 aliphatic heterocycles. The summed E-state index contributed by atoms with van der Waals surface area (Å²) in [5.74, 6) is -1.14. The highest BCUT2D eigenvalue weighted by Crippen LogP contribution is 2.33. The van der Waals surface area contributed by atoms with Crippen molar-refractivity contribution in [3.8, 4) is 0 Å². The second-order valence-electron chi connectivity index (χ2n) is 8.51. The number of fused-ring (bicyclic) bond motifs is 1. The number of likely N-dealkylation sites (N-methyl/N-ethyl adjacent to an activating group) is 1. The molecule has 10 nitrogen and oxygen atoms in total. The van der Waals surface area contributed by atoms with Crippen molar-refractivity contribution in [3.05, 3.63) is 63.0 Å². The summed E-state index contributed by atoms with van der Waals surface area (Å²) in [7, 11) is 1.73. The molecule has 0 spiro atoms. The number of carbonyl (C=O) groups excluding carboxylic acids is 3. The van der Waals surface area contributed by atoms with Gasteiger partial charge in [0.05, 0.1) is 24.3 Å². The fourth-order valence-corrected chi connectivity index (χ4v) is 4.54. The van der Waals surface area contributed by atoms with Crippen LogP contribution in [0.3, 0.4) is 0 Å². The summed E-state index contributed by atoms with van der Waals surface area (Å²) in [4.78, 5) is 51.8. The summed E-state index contributed by atoms with van der Waals surface area (Å²) in [5.41, 5.74) is -0.221. The molecule has 3 heterocycles. The van der Waals surface area contributed by atoms with Crippen molar-refractivity contribution in [2.45, 2.75) is 32.6 Å². The Kier molecular flexibility index (Phi) is 7.23. The van der Waals surface area contributed by atoms with Crippen molar-refractivity contribution in [3.63, 3.8) is 0 Å². The number of aryl methyl sites for hydroxylation is 1. The van der Waals surface area contributed by atoms with Crippen molar-refractivity contribution in [1.29, 1.82) is 0 Å². The normalized spacial score (nSPS) is 14.8. The first-order valence-electron chi connectivity index (χ1n) is 11.0. The van der Waals surface area contributed by atoms with Crippen LogP contribution in [0.4, 0.5) is 24.7 Å². The van der Waals surface area contributed by atoms with Gasteiger partial charge < -0.3 is 16.0 Å². The quantitative estimate of drug-likeness (QED) is 0.459. The van der Waals surface area contributed by atoms with Crippen molar-refractivity contribution in [1.82, 2.24) is 25.2 Å². The zero-order chi connectivity index (χ0) is 26.9. The fraction of sp³-hybridized carbons (Fsp3) is 0.304. The molecule has 2 aromatic heterocycles. The summed E-state index contributed by atoms with van der Waals surface area (Å²) < 4.78 is 39.5. The highest BCUT2D eigenvalue weighted by Gasteiger charge is 2.32. The van der Waals surface area contributed by atoms with Gasteiger partial charge in [-0.15, -0.1) is 11.3 Å². The smallest absolute Gasteiger partial charge is 0.342 e. The van der Waals surface area contributed by atoms with Crippen LogP contribution in [0.25, 0.3) is 0 Å². The summed E-state index contributed by atoms with van der Waals surface area (Å²) in [5, 5.41) is 8.29. The first kappa shape index (κ1) is 26.2. The summed E-state index contributed by atoms with van der Waals surface area (Å²) in [6.07, 6.45) is -2.07. The molecule has 3 aromatic rings. The lowest BCUT2D eigenvalue weighted by atomic mass is 10.1. The van der Waals surface area contributed by atoms with Gasteiger partial charge in [0, 0.05) is 17.8 Å². The molecule has 194 valence electrons. The predicted octanol–water partition coefficient (Wildman–Crippen LogP) is 3.39. The largest absolute Gasteiger partial charge is 0.416 e. The molecule has 1 aromatic carbocycles. The van der Waals surface area contributed by atoms with E-state index in [-0.39, 0.29) is 46.6 Å². The molecule has 0 saturated heterocycles. The molecule has 0 saturated carbocycles. The van der Waals surface area contributed by atoms with E-state index in [4.69, 9.17) is 0 Å². The second kappa shape index (κ2) is 10.2. The number of hydrogen-bond acceptors (Lipinski definition) is 8. The summed E-state index contributed by atoms with van der Waals surface area (Å²) >= 11 is 0.993. The molecule has 3 N–H and O–H groups in total. The number of nitrogens with one attached hydrogen (secondary N) is 3. The van der Waals surface area contributed by atoms with Gasteiger partial charge in [0.15, 0.2) is 0 Å². The number of hydrogen-bond donors (Lipinski definition) is 3. The van der Waals surface area contributed by atoms with E-state index < -0.39 is 29.6 Å². The maximum atomic E-state index is 13.2. The average Bonchev–Trinajstić information content (AvgIpc) is 3.25. The third-order valence-electron chi connectivity index (χ3n) is 5.53. The van der Waals surface area contributed by atoms with Gasteiger partial charge in [-0.3, -0.25) is 19.3 Å². The van der Waals surface area contributed by atoms with Crippen LogP contribution in [-0.4, -0.2) is 51.2 Å². The number of halogens is 3. The third-order valence-corrected chi connectivity index (χ3v) is 6.70. The zero-order valence-corrected chi connectivity index (χ0v) is 20.8. The zero-order valence-electron chi connectivity index (χ0n) is 19.9. The Labute approximate surface area is 213 Å². The van der Waals surface area contributed by atoms with E-state index in [0.29, 0.717) is 10.6 Å². The van der Waals surface area contributed by atoms with Gasteiger partial charge >= 0.3 is 6.18 Å². The van der Waals surface area contributed by atoms with Crippen LogP contribution in [0.1, 0.15) is 54.8 Å². The lowest BCUT2D eigenvalue weighted by molar-refractivity contribution is -0.138. The first-order chi connectivity index (χ1) is 17.4. The lowest BCUT2D eigenvalue weighted by Crippen LogP contribution is -2.29. The Bertz CT molecular complexity index is 1380. The van der Waals surface area contributed by atoms with E-state index in [1.807, 2.05) is 0 Å². The molecular weight excluding hydrogens is 511 g/mol. The molecule has 0 bridgehead atoms.